The summed E-state index contributed by atoms with van der Waals surface area (Å²) < 4.78 is 3.15. The Hall–Kier alpha value is -2.55. The molecule has 3 rings (SSSR count). The minimum atomic E-state index is -0.263. The fourth-order valence-electron chi connectivity index (χ4n) is 2.29. The van der Waals surface area contributed by atoms with E-state index < -0.39 is 0 Å². The van der Waals surface area contributed by atoms with E-state index >= 15 is 0 Å². The molecular weight excluding hydrogens is 328 g/mol. The Balaban J connectivity index is 1.77. The van der Waals surface area contributed by atoms with Gasteiger partial charge in [0.25, 0.3) is 5.56 Å². The molecule has 126 valence electrons. The van der Waals surface area contributed by atoms with Crippen LogP contribution in [-0.4, -0.2) is 30.2 Å². The molecule has 0 saturated heterocycles. The molecule has 0 unspecified atom stereocenters. The Morgan fingerprint density at radius 2 is 2.12 bits per heavy atom. The highest BCUT2D eigenvalue weighted by molar-refractivity contribution is 7.13. The van der Waals surface area contributed by atoms with Gasteiger partial charge in [0.2, 0.25) is 5.91 Å². The lowest BCUT2D eigenvalue weighted by molar-refractivity contribution is -0.116. The number of amides is 1. The van der Waals surface area contributed by atoms with E-state index in [2.05, 4.69) is 20.4 Å². The molecule has 0 aliphatic carbocycles. The van der Waals surface area contributed by atoms with Gasteiger partial charge in [0, 0.05) is 24.5 Å². The van der Waals surface area contributed by atoms with Crippen molar-refractivity contribution in [1.82, 2.24) is 24.3 Å². The first-order chi connectivity index (χ1) is 11.4. The van der Waals surface area contributed by atoms with Crippen molar-refractivity contribution in [3.63, 3.8) is 0 Å². The summed E-state index contributed by atoms with van der Waals surface area (Å²) in [5.74, 6) is -0.192. The Labute approximate surface area is 142 Å². The Morgan fingerprint density at radius 3 is 2.79 bits per heavy atom. The second kappa shape index (κ2) is 6.16. The molecule has 0 aromatic carbocycles. The van der Waals surface area contributed by atoms with Gasteiger partial charge in [0.05, 0.1) is 18.1 Å². The zero-order valence-corrected chi connectivity index (χ0v) is 14.5. The molecule has 0 radical (unpaired) electrons. The van der Waals surface area contributed by atoms with E-state index in [-0.39, 0.29) is 30.0 Å². The largest absolute Gasteiger partial charge is 0.302 e. The van der Waals surface area contributed by atoms with Gasteiger partial charge in [-0.1, -0.05) is 0 Å². The number of nitrogens with one attached hydrogen (secondary N) is 1. The van der Waals surface area contributed by atoms with E-state index in [4.69, 9.17) is 0 Å². The van der Waals surface area contributed by atoms with E-state index in [1.807, 2.05) is 20.8 Å². The number of carbonyl (C=O) groups is 1. The number of fused-ring (bicyclic) bond motifs is 1. The number of carbonyl (C=O) groups excluding carboxylic acids is 1. The van der Waals surface area contributed by atoms with Crippen LogP contribution in [-0.2, 0) is 16.9 Å². The number of aromatic nitrogens is 5. The maximum atomic E-state index is 12.5. The lowest BCUT2D eigenvalue weighted by Crippen LogP contribution is -2.26. The average molecular weight is 346 g/mol. The minimum absolute atomic E-state index is 0.167. The monoisotopic (exact) mass is 346 g/mol. The molecule has 3 heterocycles. The van der Waals surface area contributed by atoms with Crippen LogP contribution >= 0.6 is 11.3 Å². The van der Waals surface area contributed by atoms with Crippen molar-refractivity contribution in [3.8, 4) is 0 Å². The third-order valence-corrected chi connectivity index (χ3v) is 4.14. The number of thiazole rings is 1. The van der Waals surface area contributed by atoms with Crippen LogP contribution in [0.2, 0.25) is 0 Å². The summed E-state index contributed by atoms with van der Waals surface area (Å²) in [6.45, 7) is 6.24. The first-order valence-electron chi connectivity index (χ1n) is 7.49. The summed E-state index contributed by atoms with van der Waals surface area (Å²) in [5.41, 5.74) is 0.0922. The van der Waals surface area contributed by atoms with E-state index in [0.717, 1.165) is 0 Å². The van der Waals surface area contributed by atoms with Gasteiger partial charge in [0.1, 0.15) is 5.39 Å². The van der Waals surface area contributed by atoms with Crippen LogP contribution < -0.4 is 10.9 Å². The van der Waals surface area contributed by atoms with E-state index in [1.165, 1.54) is 28.4 Å². The SMILES string of the molecule is CC(C)(C)n1ncc2c(=O)n(CCC(=O)Nc3nccs3)cnc21. The molecule has 0 aliphatic rings. The number of nitrogens with zero attached hydrogens (tertiary/aromatic N) is 5. The fourth-order valence-corrected chi connectivity index (χ4v) is 2.83. The Kier molecular flexibility index (Phi) is 4.18. The van der Waals surface area contributed by atoms with Crippen molar-refractivity contribution in [3.05, 3.63) is 34.5 Å². The lowest BCUT2D eigenvalue weighted by Gasteiger charge is -2.19. The predicted octanol–water partition coefficient (Wildman–Crippen LogP) is 1.83. The van der Waals surface area contributed by atoms with Crippen LogP contribution in [0.4, 0.5) is 5.13 Å². The summed E-state index contributed by atoms with van der Waals surface area (Å²) in [6, 6.07) is 0. The van der Waals surface area contributed by atoms with Gasteiger partial charge in [-0.15, -0.1) is 11.3 Å². The summed E-state index contributed by atoms with van der Waals surface area (Å²) >= 11 is 1.35. The van der Waals surface area contributed by atoms with Gasteiger partial charge < -0.3 is 5.32 Å². The molecule has 0 fully saturated rings. The molecule has 24 heavy (non-hydrogen) atoms. The van der Waals surface area contributed by atoms with E-state index in [0.29, 0.717) is 16.2 Å². The summed E-state index contributed by atoms with van der Waals surface area (Å²) in [5, 5.41) is 9.74. The molecule has 0 aliphatic heterocycles. The summed E-state index contributed by atoms with van der Waals surface area (Å²) in [6.07, 6.45) is 4.78. The average Bonchev–Trinajstić information content (AvgIpc) is 3.15. The van der Waals surface area contributed by atoms with Crippen molar-refractivity contribution in [2.75, 3.05) is 5.32 Å². The zero-order valence-electron chi connectivity index (χ0n) is 13.7. The number of anilines is 1. The maximum Gasteiger partial charge on any atom is 0.264 e. The number of rotatable bonds is 4. The quantitative estimate of drug-likeness (QED) is 0.778. The van der Waals surface area contributed by atoms with Crippen molar-refractivity contribution in [2.45, 2.75) is 39.3 Å². The van der Waals surface area contributed by atoms with Crippen molar-refractivity contribution >= 4 is 33.4 Å². The van der Waals surface area contributed by atoms with Gasteiger partial charge >= 0.3 is 0 Å². The molecule has 1 N–H and O–H groups in total. The Morgan fingerprint density at radius 1 is 1.33 bits per heavy atom. The molecule has 3 aromatic heterocycles. The summed E-state index contributed by atoms with van der Waals surface area (Å²) in [7, 11) is 0. The molecule has 1 amide bonds. The normalized spacial score (nSPS) is 11.8. The first-order valence-corrected chi connectivity index (χ1v) is 8.37. The molecule has 0 bridgehead atoms. The third-order valence-electron chi connectivity index (χ3n) is 3.45. The highest BCUT2D eigenvalue weighted by Crippen LogP contribution is 2.17. The third kappa shape index (κ3) is 3.21. The minimum Gasteiger partial charge on any atom is -0.302 e. The topological polar surface area (TPSA) is 94.7 Å². The smallest absolute Gasteiger partial charge is 0.264 e. The van der Waals surface area contributed by atoms with Crippen molar-refractivity contribution < 1.29 is 4.79 Å². The predicted molar refractivity (Wildman–Crippen MR) is 92.1 cm³/mol. The van der Waals surface area contributed by atoms with Gasteiger partial charge in [0.15, 0.2) is 10.8 Å². The molecule has 8 nitrogen and oxygen atoms in total. The van der Waals surface area contributed by atoms with Crippen LogP contribution in [0.5, 0.6) is 0 Å². The standard InChI is InChI=1S/C15H18N6O2S/c1-15(2,3)21-12-10(8-18-21)13(23)20(9-17-12)6-4-11(22)19-14-16-5-7-24-14/h5,7-9H,4,6H2,1-3H3,(H,16,19,22). The van der Waals surface area contributed by atoms with Crippen LogP contribution in [0.15, 0.2) is 28.9 Å². The van der Waals surface area contributed by atoms with Gasteiger partial charge in [-0.05, 0) is 20.8 Å². The molecule has 0 atom stereocenters. The lowest BCUT2D eigenvalue weighted by atomic mass is 10.1. The highest BCUT2D eigenvalue weighted by Gasteiger charge is 2.19. The number of hydrogen-bond acceptors (Lipinski definition) is 6. The second-order valence-electron chi connectivity index (χ2n) is 6.34. The fraction of sp³-hybridized carbons (Fsp3) is 0.400. The molecule has 3 aromatic rings. The van der Waals surface area contributed by atoms with Crippen LogP contribution in [0.25, 0.3) is 11.0 Å². The van der Waals surface area contributed by atoms with Crippen molar-refractivity contribution in [2.24, 2.45) is 0 Å². The maximum absolute atomic E-state index is 12.5. The van der Waals surface area contributed by atoms with Gasteiger partial charge in [-0.3, -0.25) is 14.2 Å². The van der Waals surface area contributed by atoms with E-state index in [9.17, 15) is 9.59 Å². The van der Waals surface area contributed by atoms with Crippen LogP contribution in [0, 0.1) is 0 Å². The second-order valence-corrected chi connectivity index (χ2v) is 7.24. The number of hydrogen-bond donors (Lipinski definition) is 1. The molecule has 0 saturated carbocycles. The zero-order chi connectivity index (χ0) is 17.3. The van der Waals surface area contributed by atoms with Crippen molar-refractivity contribution in [1.29, 1.82) is 0 Å². The molecule has 9 heteroatoms. The first kappa shape index (κ1) is 16.3. The molecular formula is C15H18N6O2S. The van der Waals surface area contributed by atoms with Gasteiger partial charge in [-0.2, -0.15) is 5.10 Å². The van der Waals surface area contributed by atoms with Gasteiger partial charge in [-0.25, -0.2) is 14.6 Å². The van der Waals surface area contributed by atoms with Crippen LogP contribution in [0.3, 0.4) is 0 Å². The summed E-state index contributed by atoms with van der Waals surface area (Å²) in [4.78, 5) is 32.8. The Bertz CT molecular complexity index is 920. The van der Waals surface area contributed by atoms with E-state index in [1.54, 1.807) is 16.3 Å². The highest BCUT2D eigenvalue weighted by atomic mass is 32.1. The van der Waals surface area contributed by atoms with Crippen LogP contribution in [0.1, 0.15) is 27.2 Å². The number of aryl methyl sites for hydroxylation is 1. The molecule has 0 spiro atoms.